The molecule has 1 aliphatic rings. The average molecular weight is 375 g/mol. The maximum atomic E-state index is 13.7. The van der Waals surface area contributed by atoms with E-state index in [0.717, 1.165) is 5.57 Å². The molecule has 1 aliphatic heterocycles. The van der Waals surface area contributed by atoms with Crippen LogP contribution in [0.4, 0.5) is 9.18 Å². The molecule has 0 saturated heterocycles. The van der Waals surface area contributed by atoms with E-state index in [9.17, 15) is 9.18 Å². The second kappa shape index (κ2) is 8.77. The van der Waals surface area contributed by atoms with Crippen LogP contribution in [-0.4, -0.2) is 56.8 Å². The van der Waals surface area contributed by atoms with Crippen LogP contribution in [-0.2, 0) is 0 Å². The summed E-state index contributed by atoms with van der Waals surface area (Å²) >= 11 is 0. The summed E-state index contributed by atoms with van der Waals surface area (Å²) in [6.07, 6.45) is 3.11. The fourth-order valence-electron chi connectivity index (χ4n) is 2.24. The number of nitrogens with zero attached hydrogens (tertiary/aromatic N) is 4. The Labute approximate surface area is 158 Å². The molecule has 3 rings (SSSR count). The number of aromatic nitrogens is 3. The maximum Gasteiger partial charge on any atom is 0.407 e. The number of halogens is 1. The van der Waals surface area contributed by atoms with E-state index in [1.807, 2.05) is 13.1 Å². The molecule has 7 nitrogen and oxygen atoms in total. The molecule has 27 heavy (non-hydrogen) atoms. The van der Waals surface area contributed by atoms with Gasteiger partial charge in [0, 0.05) is 18.6 Å². The number of amides is 1. The van der Waals surface area contributed by atoms with Crippen molar-refractivity contribution in [3.8, 4) is 5.69 Å². The third-order valence-corrected chi connectivity index (χ3v) is 4.15. The third-order valence-electron chi connectivity index (χ3n) is 4.15. The van der Waals surface area contributed by atoms with Crippen LogP contribution in [0.3, 0.4) is 0 Å². The molecule has 146 valence electrons. The lowest BCUT2D eigenvalue weighted by molar-refractivity contribution is 0.150. The molecule has 2 heterocycles. The third kappa shape index (κ3) is 5.89. The van der Waals surface area contributed by atoms with Gasteiger partial charge in [-0.05, 0) is 51.9 Å². The van der Waals surface area contributed by atoms with Gasteiger partial charge in [0.05, 0.1) is 6.20 Å². The number of nitrogens with one attached hydrogen (secondary N) is 1. The Morgan fingerprint density at radius 3 is 2.48 bits per heavy atom. The SMILES string of the molecule is CNC(C)(C)C.O=C(O)N1CC=C(c2cn(-c3ccccc3F)nn2)CC1. The maximum absolute atomic E-state index is 13.7. The van der Waals surface area contributed by atoms with Crippen molar-refractivity contribution in [2.45, 2.75) is 32.7 Å². The first-order chi connectivity index (χ1) is 12.7. The largest absolute Gasteiger partial charge is 0.465 e. The molecule has 2 aromatic rings. The summed E-state index contributed by atoms with van der Waals surface area (Å²) in [5, 5.41) is 20.0. The van der Waals surface area contributed by atoms with Crippen LogP contribution in [0.2, 0.25) is 0 Å². The van der Waals surface area contributed by atoms with Crippen molar-refractivity contribution in [1.29, 1.82) is 0 Å². The summed E-state index contributed by atoms with van der Waals surface area (Å²) in [4.78, 5) is 12.2. The lowest BCUT2D eigenvalue weighted by atomic mass is 10.1. The number of hydrogen-bond acceptors (Lipinski definition) is 4. The van der Waals surface area contributed by atoms with Gasteiger partial charge < -0.3 is 15.3 Å². The van der Waals surface area contributed by atoms with E-state index < -0.39 is 6.09 Å². The van der Waals surface area contributed by atoms with Gasteiger partial charge in [-0.2, -0.15) is 0 Å². The van der Waals surface area contributed by atoms with Crippen LogP contribution in [0, 0.1) is 5.82 Å². The molecule has 8 heteroatoms. The minimum absolute atomic E-state index is 0.292. The number of carbonyl (C=O) groups is 1. The van der Waals surface area contributed by atoms with Crippen molar-refractivity contribution >= 4 is 11.7 Å². The first kappa shape index (κ1) is 20.6. The Morgan fingerprint density at radius 1 is 1.30 bits per heavy atom. The van der Waals surface area contributed by atoms with Gasteiger partial charge in [0.1, 0.15) is 17.2 Å². The molecule has 1 aromatic carbocycles. The van der Waals surface area contributed by atoms with Crippen LogP contribution in [0.5, 0.6) is 0 Å². The fourth-order valence-corrected chi connectivity index (χ4v) is 2.24. The molecule has 0 bridgehead atoms. The minimum Gasteiger partial charge on any atom is -0.465 e. The lowest BCUT2D eigenvalue weighted by Gasteiger charge is -2.22. The molecule has 0 saturated carbocycles. The predicted octanol–water partition coefficient (Wildman–Crippen LogP) is 3.18. The fraction of sp³-hybridized carbons (Fsp3) is 0.421. The van der Waals surface area contributed by atoms with Gasteiger partial charge in [-0.1, -0.05) is 23.4 Å². The summed E-state index contributed by atoms with van der Waals surface area (Å²) in [6, 6.07) is 6.32. The van der Waals surface area contributed by atoms with E-state index in [0.29, 0.717) is 36.4 Å². The highest BCUT2D eigenvalue weighted by Gasteiger charge is 2.18. The number of carboxylic acid groups (broad SMARTS) is 1. The van der Waals surface area contributed by atoms with E-state index in [1.165, 1.54) is 15.6 Å². The molecule has 1 amide bonds. The molecular weight excluding hydrogens is 349 g/mol. The van der Waals surface area contributed by atoms with Gasteiger partial charge in [0.15, 0.2) is 0 Å². The van der Waals surface area contributed by atoms with Gasteiger partial charge in [-0.3, -0.25) is 0 Å². The average Bonchev–Trinajstić information content (AvgIpc) is 3.12. The van der Waals surface area contributed by atoms with E-state index in [2.05, 4.69) is 36.4 Å². The van der Waals surface area contributed by atoms with Crippen molar-refractivity contribution in [1.82, 2.24) is 25.2 Å². The first-order valence-electron chi connectivity index (χ1n) is 8.74. The second-order valence-electron chi connectivity index (χ2n) is 7.21. The molecule has 1 aromatic heterocycles. The summed E-state index contributed by atoms with van der Waals surface area (Å²) in [7, 11) is 1.96. The van der Waals surface area contributed by atoms with Crippen molar-refractivity contribution in [2.24, 2.45) is 0 Å². The van der Waals surface area contributed by atoms with Gasteiger partial charge in [0.2, 0.25) is 0 Å². The van der Waals surface area contributed by atoms with E-state index >= 15 is 0 Å². The summed E-state index contributed by atoms with van der Waals surface area (Å²) in [5.74, 6) is -0.372. The number of para-hydroxylation sites is 1. The number of benzene rings is 1. The number of rotatable bonds is 2. The lowest BCUT2D eigenvalue weighted by Crippen LogP contribution is -2.33. The first-order valence-corrected chi connectivity index (χ1v) is 8.74. The van der Waals surface area contributed by atoms with E-state index in [-0.39, 0.29) is 5.82 Å². The molecule has 0 unspecified atom stereocenters. The van der Waals surface area contributed by atoms with Gasteiger partial charge in [-0.15, -0.1) is 5.10 Å². The quantitative estimate of drug-likeness (QED) is 0.842. The van der Waals surface area contributed by atoms with Crippen LogP contribution in [0.15, 0.2) is 36.5 Å². The second-order valence-corrected chi connectivity index (χ2v) is 7.21. The zero-order valence-corrected chi connectivity index (χ0v) is 16.1. The van der Waals surface area contributed by atoms with Gasteiger partial charge >= 0.3 is 6.09 Å². The highest BCUT2D eigenvalue weighted by molar-refractivity contribution is 5.69. The topological polar surface area (TPSA) is 83.3 Å². The van der Waals surface area contributed by atoms with Crippen molar-refractivity contribution in [3.63, 3.8) is 0 Å². The Kier molecular flexibility index (Phi) is 6.68. The zero-order valence-electron chi connectivity index (χ0n) is 16.1. The Hall–Kier alpha value is -2.74. The van der Waals surface area contributed by atoms with Gasteiger partial charge in [-0.25, -0.2) is 13.9 Å². The molecule has 0 spiro atoms. The standard InChI is InChI=1S/C14H13FN4O2.C5H13N/c15-11-3-1-2-4-13(11)19-9-12(16-17-19)10-5-7-18(8-6-10)14(20)21;1-5(2,3)6-4/h1-5,9H,6-8H2,(H,20,21);6H,1-4H3. The summed E-state index contributed by atoms with van der Waals surface area (Å²) < 4.78 is 15.1. The molecule has 0 atom stereocenters. The summed E-state index contributed by atoms with van der Waals surface area (Å²) in [6.45, 7) is 7.15. The highest BCUT2D eigenvalue weighted by Crippen LogP contribution is 2.21. The molecular formula is C19H26FN5O2. The normalized spacial score (nSPS) is 14.3. The molecule has 0 radical (unpaired) electrons. The van der Waals surface area contributed by atoms with Crippen molar-refractivity contribution < 1.29 is 14.3 Å². The zero-order chi connectivity index (χ0) is 20.0. The summed E-state index contributed by atoms with van der Waals surface area (Å²) in [5.41, 5.74) is 2.19. The monoisotopic (exact) mass is 375 g/mol. The highest BCUT2D eigenvalue weighted by atomic mass is 19.1. The van der Waals surface area contributed by atoms with Crippen molar-refractivity contribution in [3.05, 3.63) is 48.0 Å². The van der Waals surface area contributed by atoms with Gasteiger partial charge in [0.25, 0.3) is 0 Å². The van der Waals surface area contributed by atoms with Crippen LogP contribution < -0.4 is 5.32 Å². The predicted molar refractivity (Wildman–Crippen MR) is 102 cm³/mol. The van der Waals surface area contributed by atoms with E-state index in [1.54, 1.807) is 24.4 Å². The molecule has 2 N–H and O–H groups in total. The molecule has 0 aliphatic carbocycles. The molecule has 0 fully saturated rings. The number of hydrogen-bond donors (Lipinski definition) is 2. The Morgan fingerprint density at radius 2 is 1.96 bits per heavy atom. The minimum atomic E-state index is -0.930. The smallest absolute Gasteiger partial charge is 0.407 e. The Balaban J connectivity index is 0.000000380. The van der Waals surface area contributed by atoms with Crippen LogP contribution in [0.1, 0.15) is 32.9 Å². The Bertz CT molecular complexity index is 810. The van der Waals surface area contributed by atoms with Crippen LogP contribution in [0.25, 0.3) is 11.3 Å². The van der Waals surface area contributed by atoms with Crippen LogP contribution >= 0.6 is 0 Å². The van der Waals surface area contributed by atoms with E-state index in [4.69, 9.17) is 5.11 Å². The van der Waals surface area contributed by atoms with Crippen molar-refractivity contribution in [2.75, 3.05) is 20.1 Å².